The second kappa shape index (κ2) is 6.78. The SMILES string of the molecule is NS(=O)(=O)c1cccc(CNC(=O)c2cc(Br)ccc2Cl)c1. The zero-order chi connectivity index (χ0) is 16.3. The summed E-state index contributed by atoms with van der Waals surface area (Å²) in [5, 5.41) is 8.09. The van der Waals surface area contributed by atoms with Gasteiger partial charge >= 0.3 is 0 Å². The zero-order valence-corrected chi connectivity index (χ0v) is 14.4. The molecule has 8 heteroatoms. The van der Waals surface area contributed by atoms with Crippen LogP contribution in [0.25, 0.3) is 0 Å². The molecule has 0 atom stereocenters. The first-order valence-corrected chi connectivity index (χ1v) is 8.84. The van der Waals surface area contributed by atoms with Gasteiger partial charge in [0.15, 0.2) is 0 Å². The average molecular weight is 404 g/mol. The molecule has 0 aliphatic carbocycles. The molecule has 0 radical (unpaired) electrons. The lowest BCUT2D eigenvalue weighted by Crippen LogP contribution is -2.23. The van der Waals surface area contributed by atoms with Crippen molar-refractivity contribution in [3.8, 4) is 0 Å². The Kier molecular flexibility index (Phi) is 5.23. The minimum atomic E-state index is -3.77. The Morgan fingerprint density at radius 2 is 1.95 bits per heavy atom. The number of benzene rings is 2. The summed E-state index contributed by atoms with van der Waals surface area (Å²) in [4.78, 5) is 12.1. The minimum absolute atomic E-state index is 0.000244. The molecule has 0 bridgehead atoms. The fourth-order valence-electron chi connectivity index (χ4n) is 1.78. The molecule has 0 saturated heterocycles. The fraction of sp³-hybridized carbons (Fsp3) is 0.0714. The molecular formula is C14H12BrClN2O3S. The van der Waals surface area contributed by atoms with Crippen molar-refractivity contribution in [3.05, 3.63) is 63.1 Å². The third-order valence-electron chi connectivity index (χ3n) is 2.85. The van der Waals surface area contributed by atoms with Crippen molar-refractivity contribution in [3.63, 3.8) is 0 Å². The Hall–Kier alpha value is -1.41. The number of sulfonamides is 1. The topological polar surface area (TPSA) is 89.3 Å². The van der Waals surface area contributed by atoms with Crippen LogP contribution in [-0.4, -0.2) is 14.3 Å². The number of carbonyl (C=O) groups excluding carboxylic acids is 1. The fourth-order valence-corrected chi connectivity index (χ4v) is 2.93. The standard InChI is InChI=1S/C14H12BrClN2O3S/c15-10-4-5-13(16)12(7-10)14(19)18-8-9-2-1-3-11(6-9)22(17,20)21/h1-7H,8H2,(H,18,19)(H2,17,20,21). The first-order chi connectivity index (χ1) is 10.3. The molecule has 116 valence electrons. The normalized spacial score (nSPS) is 11.2. The first kappa shape index (κ1) is 17.0. The summed E-state index contributed by atoms with van der Waals surface area (Å²) in [5.74, 6) is -0.354. The Morgan fingerprint density at radius 3 is 2.64 bits per heavy atom. The summed E-state index contributed by atoms with van der Waals surface area (Å²) in [6, 6.07) is 11.0. The van der Waals surface area contributed by atoms with Gasteiger partial charge in [0.25, 0.3) is 5.91 Å². The van der Waals surface area contributed by atoms with Crippen molar-refractivity contribution in [2.75, 3.05) is 0 Å². The molecule has 2 rings (SSSR count). The van der Waals surface area contributed by atoms with Crippen molar-refractivity contribution in [2.45, 2.75) is 11.4 Å². The van der Waals surface area contributed by atoms with E-state index in [1.165, 1.54) is 12.1 Å². The van der Waals surface area contributed by atoms with Gasteiger partial charge in [-0.2, -0.15) is 0 Å². The van der Waals surface area contributed by atoms with Gasteiger partial charge < -0.3 is 5.32 Å². The molecule has 0 aromatic heterocycles. The lowest BCUT2D eigenvalue weighted by atomic mass is 10.2. The summed E-state index contributed by atoms with van der Waals surface area (Å²) in [5.41, 5.74) is 0.949. The van der Waals surface area contributed by atoms with E-state index in [2.05, 4.69) is 21.2 Å². The molecule has 0 aliphatic rings. The van der Waals surface area contributed by atoms with Crippen LogP contribution < -0.4 is 10.5 Å². The Bertz CT molecular complexity index is 825. The van der Waals surface area contributed by atoms with Crippen LogP contribution in [0, 0.1) is 0 Å². The van der Waals surface area contributed by atoms with Crippen LogP contribution >= 0.6 is 27.5 Å². The van der Waals surface area contributed by atoms with Gasteiger partial charge in [0.1, 0.15) is 0 Å². The highest BCUT2D eigenvalue weighted by atomic mass is 79.9. The van der Waals surface area contributed by atoms with E-state index in [-0.39, 0.29) is 17.3 Å². The molecule has 0 spiro atoms. The van der Waals surface area contributed by atoms with Gasteiger partial charge in [-0.3, -0.25) is 4.79 Å². The molecule has 5 nitrogen and oxygen atoms in total. The molecular weight excluding hydrogens is 392 g/mol. The van der Waals surface area contributed by atoms with Gasteiger partial charge in [-0.25, -0.2) is 13.6 Å². The van der Waals surface area contributed by atoms with E-state index >= 15 is 0 Å². The molecule has 2 aromatic carbocycles. The van der Waals surface area contributed by atoms with Crippen molar-refractivity contribution < 1.29 is 13.2 Å². The van der Waals surface area contributed by atoms with E-state index in [1.54, 1.807) is 30.3 Å². The molecule has 2 aromatic rings. The van der Waals surface area contributed by atoms with Crippen LogP contribution in [0.1, 0.15) is 15.9 Å². The predicted octanol–water partition coefficient (Wildman–Crippen LogP) is 2.68. The zero-order valence-electron chi connectivity index (χ0n) is 11.2. The smallest absolute Gasteiger partial charge is 0.253 e. The molecule has 0 saturated carbocycles. The number of hydrogen-bond acceptors (Lipinski definition) is 3. The molecule has 22 heavy (non-hydrogen) atoms. The number of primary sulfonamides is 1. The van der Waals surface area contributed by atoms with Gasteiger partial charge in [-0.05, 0) is 35.9 Å². The number of amides is 1. The number of hydrogen-bond donors (Lipinski definition) is 2. The average Bonchev–Trinajstić information content (AvgIpc) is 2.47. The number of rotatable bonds is 4. The molecule has 1 amide bonds. The third kappa shape index (κ3) is 4.30. The summed E-state index contributed by atoms with van der Waals surface area (Å²) in [6.07, 6.45) is 0. The quantitative estimate of drug-likeness (QED) is 0.822. The minimum Gasteiger partial charge on any atom is -0.348 e. The monoisotopic (exact) mass is 402 g/mol. The maximum atomic E-state index is 12.1. The number of carbonyl (C=O) groups is 1. The van der Waals surface area contributed by atoms with Crippen LogP contribution in [0.2, 0.25) is 5.02 Å². The van der Waals surface area contributed by atoms with Crippen LogP contribution in [0.15, 0.2) is 51.8 Å². The molecule has 0 heterocycles. The van der Waals surface area contributed by atoms with Crippen LogP contribution in [0.3, 0.4) is 0 Å². The number of halogens is 2. The summed E-state index contributed by atoms with van der Waals surface area (Å²) < 4.78 is 23.3. The maximum Gasteiger partial charge on any atom is 0.253 e. The lowest BCUT2D eigenvalue weighted by Gasteiger charge is -2.08. The third-order valence-corrected chi connectivity index (χ3v) is 4.59. The van der Waals surface area contributed by atoms with E-state index in [0.29, 0.717) is 16.1 Å². The highest BCUT2D eigenvalue weighted by Gasteiger charge is 2.12. The van der Waals surface area contributed by atoms with Gasteiger partial charge in [0.05, 0.1) is 15.5 Å². The summed E-state index contributed by atoms with van der Waals surface area (Å²) in [6.45, 7) is 0.158. The second-order valence-corrected chi connectivity index (χ2v) is 7.38. The number of nitrogens with two attached hydrogens (primary N) is 1. The van der Waals surface area contributed by atoms with Gasteiger partial charge in [0.2, 0.25) is 10.0 Å². The Morgan fingerprint density at radius 1 is 1.23 bits per heavy atom. The van der Waals surface area contributed by atoms with Crippen molar-refractivity contribution in [1.82, 2.24) is 5.32 Å². The van der Waals surface area contributed by atoms with Crippen molar-refractivity contribution in [1.29, 1.82) is 0 Å². The molecule has 0 aliphatic heterocycles. The van der Waals surface area contributed by atoms with Crippen molar-refractivity contribution >= 4 is 43.5 Å². The van der Waals surface area contributed by atoms with E-state index in [1.807, 2.05) is 0 Å². The van der Waals surface area contributed by atoms with E-state index in [9.17, 15) is 13.2 Å². The molecule has 0 fully saturated rings. The van der Waals surface area contributed by atoms with Crippen LogP contribution in [0.4, 0.5) is 0 Å². The molecule has 0 unspecified atom stereocenters. The van der Waals surface area contributed by atoms with Crippen LogP contribution in [-0.2, 0) is 16.6 Å². The highest BCUT2D eigenvalue weighted by Crippen LogP contribution is 2.21. The molecule has 3 N–H and O–H groups in total. The first-order valence-electron chi connectivity index (χ1n) is 6.12. The van der Waals surface area contributed by atoms with Crippen LogP contribution in [0.5, 0.6) is 0 Å². The van der Waals surface area contributed by atoms with Gasteiger partial charge in [0, 0.05) is 11.0 Å². The number of nitrogens with one attached hydrogen (secondary N) is 1. The lowest BCUT2D eigenvalue weighted by molar-refractivity contribution is 0.0951. The largest absolute Gasteiger partial charge is 0.348 e. The predicted molar refractivity (Wildman–Crippen MR) is 88.1 cm³/mol. The van der Waals surface area contributed by atoms with Gasteiger partial charge in [-0.1, -0.05) is 39.7 Å². The Labute approximate surface area is 141 Å². The summed E-state index contributed by atoms with van der Waals surface area (Å²) in [7, 11) is -3.77. The Balaban J connectivity index is 2.13. The van der Waals surface area contributed by atoms with Gasteiger partial charge in [-0.15, -0.1) is 0 Å². The van der Waals surface area contributed by atoms with E-state index in [0.717, 1.165) is 4.47 Å². The summed E-state index contributed by atoms with van der Waals surface area (Å²) >= 11 is 9.25. The van der Waals surface area contributed by atoms with Crippen molar-refractivity contribution in [2.24, 2.45) is 5.14 Å². The van der Waals surface area contributed by atoms with E-state index < -0.39 is 10.0 Å². The maximum absolute atomic E-state index is 12.1. The second-order valence-electron chi connectivity index (χ2n) is 4.50. The highest BCUT2D eigenvalue weighted by molar-refractivity contribution is 9.10. The van der Waals surface area contributed by atoms with E-state index in [4.69, 9.17) is 16.7 Å².